The Morgan fingerprint density at radius 2 is 1.74 bits per heavy atom. The molecular formula is C17H33NO. The van der Waals surface area contributed by atoms with Gasteiger partial charge in [-0.05, 0) is 56.9 Å². The molecule has 2 fully saturated rings. The lowest BCUT2D eigenvalue weighted by Gasteiger charge is -2.41. The molecule has 0 unspecified atom stereocenters. The third kappa shape index (κ3) is 4.75. The minimum Gasteiger partial charge on any atom is -0.373 e. The second kappa shape index (κ2) is 7.64. The molecule has 0 radical (unpaired) electrons. The highest BCUT2D eigenvalue weighted by molar-refractivity contribution is 4.89. The minimum atomic E-state index is 0.153. The summed E-state index contributed by atoms with van der Waals surface area (Å²) in [5.41, 5.74) is 0.153. The van der Waals surface area contributed by atoms with Crippen molar-refractivity contribution in [2.75, 3.05) is 19.7 Å². The standard InChI is InChI=1S/C17H33NO/c1-3-18-14-17(11-9-15(2)10-12-17)19-13-16-7-5-4-6-8-16/h15-16,18H,3-14H2,1-2H3. The second-order valence-electron chi connectivity index (χ2n) is 6.96. The summed E-state index contributed by atoms with van der Waals surface area (Å²) >= 11 is 0. The van der Waals surface area contributed by atoms with Crippen LogP contribution in [0.5, 0.6) is 0 Å². The summed E-state index contributed by atoms with van der Waals surface area (Å²) in [6, 6.07) is 0. The number of nitrogens with one attached hydrogen (secondary N) is 1. The molecule has 2 aliphatic rings. The zero-order chi connectivity index (χ0) is 13.6. The molecule has 0 saturated heterocycles. The van der Waals surface area contributed by atoms with Gasteiger partial charge in [-0.3, -0.25) is 0 Å². The molecule has 0 aromatic carbocycles. The largest absolute Gasteiger partial charge is 0.373 e. The molecule has 112 valence electrons. The van der Waals surface area contributed by atoms with Gasteiger partial charge in [0.25, 0.3) is 0 Å². The van der Waals surface area contributed by atoms with Crippen LogP contribution in [0.25, 0.3) is 0 Å². The summed E-state index contributed by atoms with van der Waals surface area (Å²) in [5.74, 6) is 1.74. The third-order valence-electron chi connectivity index (χ3n) is 5.23. The van der Waals surface area contributed by atoms with Gasteiger partial charge in [-0.25, -0.2) is 0 Å². The summed E-state index contributed by atoms with van der Waals surface area (Å²) in [6.45, 7) is 7.71. The average molecular weight is 267 g/mol. The van der Waals surface area contributed by atoms with Gasteiger partial charge in [0.2, 0.25) is 0 Å². The van der Waals surface area contributed by atoms with Crippen LogP contribution in [-0.2, 0) is 4.74 Å². The van der Waals surface area contributed by atoms with Gasteiger partial charge in [0.1, 0.15) is 0 Å². The van der Waals surface area contributed by atoms with Gasteiger partial charge in [0, 0.05) is 6.54 Å². The van der Waals surface area contributed by atoms with Crippen LogP contribution in [0, 0.1) is 11.8 Å². The summed E-state index contributed by atoms with van der Waals surface area (Å²) in [5, 5.41) is 3.54. The van der Waals surface area contributed by atoms with Gasteiger partial charge >= 0.3 is 0 Å². The van der Waals surface area contributed by atoms with Crippen LogP contribution in [0.1, 0.15) is 71.6 Å². The van der Waals surface area contributed by atoms with Crippen molar-refractivity contribution >= 4 is 0 Å². The highest BCUT2D eigenvalue weighted by Crippen LogP contribution is 2.35. The maximum absolute atomic E-state index is 6.50. The SMILES string of the molecule is CCNCC1(OCC2CCCCC2)CCC(C)CC1. The second-order valence-corrected chi connectivity index (χ2v) is 6.96. The van der Waals surface area contributed by atoms with Crippen molar-refractivity contribution in [2.45, 2.75) is 77.2 Å². The summed E-state index contributed by atoms with van der Waals surface area (Å²) < 4.78 is 6.50. The van der Waals surface area contributed by atoms with Crippen LogP contribution in [0.2, 0.25) is 0 Å². The Kier molecular flexibility index (Phi) is 6.15. The summed E-state index contributed by atoms with van der Waals surface area (Å²) in [6.07, 6.45) is 12.3. The normalized spacial score (nSPS) is 33.5. The van der Waals surface area contributed by atoms with Gasteiger partial charge in [-0.1, -0.05) is 33.1 Å². The average Bonchev–Trinajstić information content (AvgIpc) is 2.47. The molecule has 0 bridgehead atoms. The van der Waals surface area contributed by atoms with Crippen LogP contribution in [0.3, 0.4) is 0 Å². The van der Waals surface area contributed by atoms with Gasteiger partial charge < -0.3 is 10.1 Å². The lowest BCUT2D eigenvalue weighted by atomic mass is 9.79. The van der Waals surface area contributed by atoms with Crippen LogP contribution in [-0.4, -0.2) is 25.3 Å². The van der Waals surface area contributed by atoms with Gasteiger partial charge in [0.15, 0.2) is 0 Å². The number of hydrogen-bond donors (Lipinski definition) is 1. The van der Waals surface area contributed by atoms with Crippen LogP contribution >= 0.6 is 0 Å². The molecule has 0 aromatic rings. The van der Waals surface area contributed by atoms with Gasteiger partial charge in [-0.15, -0.1) is 0 Å². The first-order valence-corrected chi connectivity index (χ1v) is 8.59. The Balaban J connectivity index is 1.82. The fourth-order valence-corrected chi connectivity index (χ4v) is 3.66. The third-order valence-corrected chi connectivity index (χ3v) is 5.23. The number of likely N-dealkylation sites (N-methyl/N-ethyl adjacent to an activating group) is 1. The van der Waals surface area contributed by atoms with Crippen molar-refractivity contribution in [3.8, 4) is 0 Å². The topological polar surface area (TPSA) is 21.3 Å². The lowest BCUT2D eigenvalue weighted by Crippen LogP contribution is -2.46. The Hall–Kier alpha value is -0.0800. The summed E-state index contributed by atoms with van der Waals surface area (Å²) in [4.78, 5) is 0. The fourth-order valence-electron chi connectivity index (χ4n) is 3.66. The van der Waals surface area contributed by atoms with E-state index < -0.39 is 0 Å². The van der Waals surface area contributed by atoms with Crippen LogP contribution < -0.4 is 5.32 Å². The van der Waals surface area contributed by atoms with Gasteiger partial charge in [-0.2, -0.15) is 0 Å². The lowest BCUT2D eigenvalue weighted by molar-refractivity contribution is -0.0905. The van der Waals surface area contributed by atoms with Crippen molar-refractivity contribution in [1.82, 2.24) is 5.32 Å². The molecule has 2 nitrogen and oxygen atoms in total. The van der Waals surface area contributed by atoms with E-state index in [9.17, 15) is 0 Å². The first kappa shape index (κ1) is 15.3. The van der Waals surface area contributed by atoms with E-state index in [-0.39, 0.29) is 5.60 Å². The first-order chi connectivity index (χ1) is 9.24. The van der Waals surface area contributed by atoms with Crippen molar-refractivity contribution in [2.24, 2.45) is 11.8 Å². The molecule has 0 heterocycles. The molecule has 0 spiro atoms. The maximum atomic E-state index is 6.50. The molecule has 0 aromatic heterocycles. The van der Waals surface area contributed by atoms with E-state index in [0.29, 0.717) is 0 Å². The van der Waals surface area contributed by atoms with Crippen molar-refractivity contribution < 1.29 is 4.74 Å². The summed E-state index contributed by atoms with van der Waals surface area (Å²) in [7, 11) is 0. The Morgan fingerprint density at radius 3 is 2.37 bits per heavy atom. The molecule has 2 saturated carbocycles. The number of ether oxygens (including phenoxy) is 1. The van der Waals surface area contributed by atoms with Gasteiger partial charge in [0.05, 0.1) is 12.2 Å². The van der Waals surface area contributed by atoms with E-state index in [1.165, 1.54) is 57.8 Å². The minimum absolute atomic E-state index is 0.153. The highest BCUT2D eigenvalue weighted by Gasteiger charge is 2.35. The smallest absolute Gasteiger partial charge is 0.0806 e. The first-order valence-electron chi connectivity index (χ1n) is 8.59. The van der Waals surface area contributed by atoms with Crippen LogP contribution in [0.4, 0.5) is 0 Å². The Labute approximate surface area is 119 Å². The zero-order valence-electron chi connectivity index (χ0n) is 13.0. The van der Waals surface area contributed by atoms with E-state index in [1.807, 2.05) is 0 Å². The molecule has 0 atom stereocenters. The van der Waals surface area contributed by atoms with Crippen molar-refractivity contribution in [3.63, 3.8) is 0 Å². The van der Waals surface area contributed by atoms with E-state index in [4.69, 9.17) is 4.74 Å². The number of rotatable bonds is 6. The quantitative estimate of drug-likeness (QED) is 0.781. The zero-order valence-corrected chi connectivity index (χ0v) is 13.0. The maximum Gasteiger partial charge on any atom is 0.0806 e. The fraction of sp³-hybridized carbons (Fsp3) is 1.00. The van der Waals surface area contributed by atoms with E-state index in [2.05, 4.69) is 19.2 Å². The molecule has 19 heavy (non-hydrogen) atoms. The van der Waals surface area contributed by atoms with Crippen LogP contribution in [0.15, 0.2) is 0 Å². The van der Waals surface area contributed by atoms with E-state index in [0.717, 1.165) is 31.5 Å². The molecule has 1 N–H and O–H groups in total. The van der Waals surface area contributed by atoms with Crippen molar-refractivity contribution in [1.29, 1.82) is 0 Å². The monoisotopic (exact) mass is 267 g/mol. The molecule has 0 amide bonds. The predicted molar refractivity (Wildman–Crippen MR) is 81.4 cm³/mol. The predicted octanol–water partition coefficient (Wildman–Crippen LogP) is 4.14. The Bertz CT molecular complexity index is 234. The molecule has 2 heteroatoms. The molecule has 0 aliphatic heterocycles. The molecule has 2 rings (SSSR count). The molecule has 2 aliphatic carbocycles. The number of hydrogen-bond acceptors (Lipinski definition) is 2. The van der Waals surface area contributed by atoms with E-state index >= 15 is 0 Å². The highest BCUT2D eigenvalue weighted by atomic mass is 16.5. The Morgan fingerprint density at radius 1 is 1.05 bits per heavy atom. The van der Waals surface area contributed by atoms with E-state index in [1.54, 1.807) is 0 Å². The molecular weight excluding hydrogens is 234 g/mol. The van der Waals surface area contributed by atoms with Crippen molar-refractivity contribution in [3.05, 3.63) is 0 Å².